The van der Waals surface area contributed by atoms with Gasteiger partial charge in [0.15, 0.2) is 0 Å². The molecule has 0 bridgehead atoms. The number of nitrogens with zero attached hydrogens (tertiary/aromatic N) is 3. The van der Waals surface area contributed by atoms with Crippen molar-refractivity contribution in [2.45, 2.75) is 12.5 Å². The average Bonchev–Trinajstić information content (AvgIpc) is 2.30. The first kappa shape index (κ1) is 12.4. The molecule has 0 fully saturated rings. The highest BCUT2D eigenvalue weighted by Gasteiger charge is 2.17. The Morgan fingerprint density at radius 3 is 2.69 bits per heavy atom. The Morgan fingerprint density at radius 1 is 1.56 bits per heavy atom. The van der Waals surface area contributed by atoms with E-state index >= 15 is 0 Å². The molecule has 6 heteroatoms. The molecule has 0 radical (unpaired) electrons. The lowest BCUT2D eigenvalue weighted by atomic mass is 10.1. The van der Waals surface area contributed by atoms with Gasteiger partial charge in [0.25, 0.3) is 0 Å². The number of methoxy groups -OCH3 is 1. The maximum atomic E-state index is 11.3. The van der Waals surface area contributed by atoms with Gasteiger partial charge in [-0.2, -0.15) is 0 Å². The molecule has 0 aromatic heterocycles. The molecule has 1 rings (SSSR count). The van der Waals surface area contributed by atoms with Crippen LogP contribution in [0.15, 0.2) is 29.4 Å². The van der Waals surface area contributed by atoms with E-state index in [1.165, 1.54) is 7.11 Å². The number of carbonyl (C=O) groups excluding carboxylic acids is 1. The van der Waals surface area contributed by atoms with Crippen molar-refractivity contribution in [3.8, 4) is 0 Å². The summed E-state index contributed by atoms with van der Waals surface area (Å²) in [4.78, 5) is 13.9. The number of rotatable bonds is 4. The van der Waals surface area contributed by atoms with Gasteiger partial charge in [-0.05, 0) is 29.6 Å². The predicted molar refractivity (Wildman–Crippen MR) is 60.1 cm³/mol. The summed E-state index contributed by atoms with van der Waals surface area (Å²) in [7, 11) is 1.25. The molecule has 0 amide bonds. The summed E-state index contributed by atoms with van der Waals surface area (Å²) in [5, 5.41) is 4.00. The SMILES string of the molecule is COC(=O)[C@@H](Cc1ccc(Cl)cc1)N=[N+]=[N-]. The lowest BCUT2D eigenvalue weighted by Crippen LogP contribution is -2.22. The fourth-order valence-corrected chi connectivity index (χ4v) is 1.34. The molecule has 0 aliphatic carbocycles. The van der Waals surface area contributed by atoms with Gasteiger partial charge < -0.3 is 4.74 Å². The second-order valence-electron chi connectivity index (χ2n) is 3.07. The van der Waals surface area contributed by atoms with Crippen LogP contribution in [0.4, 0.5) is 0 Å². The number of carbonyl (C=O) groups is 1. The molecule has 0 aliphatic rings. The minimum Gasteiger partial charge on any atom is -0.469 e. The van der Waals surface area contributed by atoms with Crippen LogP contribution in [-0.2, 0) is 16.0 Å². The van der Waals surface area contributed by atoms with Crippen molar-refractivity contribution in [1.29, 1.82) is 0 Å². The van der Waals surface area contributed by atoms with E-state index < -0.39 is 12.0 Å². The number of esters is 1. The van der Waals surface area contributed by atoms with Gasteiger partial charge in [0, 0.05) is 9.93 Å². The zero-order valence-corrected chi connectivity index (χ0v) is 9.39. The molecule has 1 aromatic rings. The molecular weight excluding hydrogens is 230 g/mol. The molecule has 1 atom stereocenters. The third kappa shape index (κ3) is 3.46. The first-order valence-corrected chi connectivity index (χ1v) is 4.91. The molecular formula is C10H10ClN3O2. The van der Waals surface area contributed by atoms with Gasteiger partial charge in [0.1, 0.15) is 6.04 Å². The summed E-state index contributed by atoms with van der Waals surface area (Å²) < 4.78 is 4.53. The van der Waals surface area contributed by atoms with Crippen LogP contribution >= 0.6 is 11.6 Å². The lowest BCUT2D eigenvalue weighted by molar-refractivity contribution is -0.142. The van der Waals surface area contributed by atoms with E-state index in [1.54, 1.807) is 24.3 Å². The van der Waals surface area contributed by atoms with E-state index in [2.05, 4.69) is 14.8 Å². The highest BCUT2D eigenvalue weighted by Crippen LogP contribution is 2.12. The van der Waals surface area contributed by atoms with E-state index in [4.69, 9.17) is 17.1 Å². The Hall–Kier alpha value is -1.71. The van der Waals surface area contributed by atoms with Crippen LogP contribution in [0.5, 0.6) is 0 Å². The summed E-state index contributed by atoms with van der Waals surface area (Å²) in [5.41, 5.74) is 9.19. The number of azide groups is 1. The van der Waals surface area contributed by atoms with E-state index in [0.29, 0.717) is 11.4 Å². The minimum atomic E-state index is -0.837. The van der Waals surface area contributed by atoms with Crippen LogP contribution in [0.1, 0.15) is 5.56 Å². The molecule has 1 aromatic carbocycles. The number of hydrogen-bond donors (Lipinski definition) is 0. The topological polar surface area (TPSA) is 75.1 Å². The van der Waals surface area contributed by atoms with Crippen molar-refractivity contribution in [2.75, 3.05) is 7.11 Å². The molecule has 0 unspecified atom stereocenters. The first-order chi connectivity index (χ1) is 7.67. The molecule has 0 heterocycles. The molecule has 0 spiro atoms. The van der Waals surface area contributed by atoms with Gasteiger partial charge in [-0.1, -0.05) is 28.8 Å². The van der Waals surface area contributed by atoms with Crippen molar-refractivity contribution >= 4 is 17.6 Å². The van der Waals surface area contributed by atoms with E-state index in [9.17, 15) is 4.79 Å². The molecule has 16 heavy (non-hydrogen) atoms. The summed E-state index contributed by atoms with van der Waals surface area (Å²) in [6.45, 7) is 0. The summed E-state index contributed by atoms with van der Waals surface area (Å²) >= 11 is 5.73. The molecule has 0 saturated carbocycles. The van der Waals surface area contributed by atoms with Gasteiger partial charge in [-0.3, -0.25) is 4.79 Å². The van der Waals surface area contributed by atoms with Crippen LogP contribution in [0, 0.1) is 0 Å². The number of halogens is 1. The van der Waals surface area contributed by atoms with Gasteiger partial charge >= 0.3 is 5.97 Å². The highest BCUT2D eigenvalue weighted by molar-refractivity contribution is 6.30. The number of hydrogen-bond acceptors (Lipinski definition) is 3. The smallest absolute Gasteiger partial charge is 0.314 e. The number of benzene rings is 1. The van der Waals surface area contributed by atoms with Gasteiger partial charge in [0.05, 0.1) is 7.11 Å². The Kier molecular flexibility index (Phi) is 4.64. The second-order valence-corrected chi connectivity index (χ2v) is 3.51. The summed E-state index contributed by atoms with van der Waals surface area (Å²) in [6.07, 6.45) is 0.300. The third-order valence-electron chi connectivity index (χ3n) is 2.01. The summed E-state index contributed by atoms with van der Waals surface area (Å²) in [5.74, 6) is -0.548. The molecule has 0 saturated heterocycles. The molecule has 5 nitrogen and oxygen atoms in total. The van der Waals surface area contributed by atoms with Crippen LogP contribution in [0.2, 0.25) is 5.02 Å². The Morgan fingerprint density at radius 2 is 2.19 bits per heavy atom. The Bertz CT molecular complexity index is 413. The highest BCUT2D eigenvalue weighted by atomic mass is 35.5. The normalized spacial score (nSPS) is 11.4. The van der Waals surface area contributed by atoms with Crippen molar-refractivity contribution in [3.63, 3.8) is 0 Å². The van der Waals surface area contributed by atoms with E-state index in [-0.39, 0.29) is 0 Å². The number of ether oxygens (including phenoxy) is 1. The van der Waals surface area contributed by atoms with Crippen molar-refractivity contribution < 1.29 is 9.53 Å². The second kappa shape index (κ2) is 6.00. The largest absolute Gasteiger partial charge is 0.469 e. The zero-order chi connectivity index (χ0) is 12.0. The lowest BCUT2D eigenvalue weighted by Gasteiger charge is -2.08. The molecule has 0 aliphatic heterocycles. The fourth-order valence-electron chi connectivity index (χ4n) is 1.21. The monoisotopic (exact) mass is 239 g/mol. The van der Waals surface area contributed by atoms with Crippen LogP contribution in [0.3, 0.4) is 0 Å². The maximum absolute atomic E-state index is 11.3. The third-order valence-corrected chi connectivity index (χ3v) is 2.26. The zero-order valence-electron chi connectivity index (χ0n) is 8.63. The maximum Gasteiger partial charge on any atom is 0.314 e. The van der Waals surface area contributed by atoms with Crippen molar-refractivity contribution in [1.82, 2.24) is 0 Å². The van der Waals surface area contributed by atoms with Crippen molar-refractivity contribution in [3.05, 3.63) is 45.3 Å². The quantitative estimate of drug-likeness (QED) is 0.351. The minimum absolute atomic E-state index is 0.300. The Balaban J connectivity index is 2.79. The Labute approximate surface area is 97.6 Å². The van der Waals surface area contributed by atoms with Crippen LogP contribution < -0.4 is 0 Å². The van der Waals surface area contributed by atoms with Crippen LogP contribution in [0.25, 0.3) is 10.4 Å². The molecule has 84 valence electrons. The average molecular weight is 240 g/mol. The standard InChI is InChI=1S/C10H10ClN3O2/c1-16-10(15)9(13-14-12)6-7-2-4-8(11)5-3-7/h2-5,9H,6H2,1H3/t9-/m1/s1. The van der Waals surface area contributed by atoms with Crippen LogP contribution in [-0.4, -0.2) is 19.1 Å². The predicted octanol–water partition coefficient (Wildman–Crippen LogP) is 2.73. The fraction of sp³-hybridized carbons (Fsp3) is 0.300. The van der Waals surface area contributed by atoms with E-state index in [1.807, 2.05) is 0 Å². The van der Waals surface area contributed by atoms with Gasteiger partial charge in [0.2, 0.25) is 0 Å². The van der Waals surface area contributed by atoms with Gasteiger partial charge in [-0.15, -0.1) is 0 Å². The van der Waals surface area contributed by atoms with Crippen molar-refractivity contribution in [2.24, 2.45) is 5.11 Å². The van der Waals surface area contributed by atoms with Gasteiger partial charge in [-0.25, -0.2) is 0 Å². The summed E-state index contributed by atoms with van der Waals surface area (Å²) in [6, 6.07) is 6.12. The first-order valence-electron chi connectivity index (χ1n) is 4.54. The molecule has 0 N–H and O–H groups in total. The van der Waals surface area contributed by atoms with E-state index in [0.717, 1.165) is 5.56 Å².